The molecule has 0 N–H and O–H groups in total. The molecule has 0 bridgehead atoms. The SMILES string of the molecule is CC1(CCC#C[Si](C)(C)C)CCCC(=O)C1I. The van der Waals surface area contributed by atoms with Gasteiger partial charge < -0.3 is 0 Å². The third kappa shape index (κ3) is 4.74. The maximum Gasteiger partial charge on any atom is 0.146 e. The van der Waals surface area contributed by atoms with Crippen LogP contribution in [0.1, 0.15) is 39.0 Å². The summed E-state index contributed by atoms with van der Waals surface area (Å²) < 4.78 is 0.197. The van der Waals surface area contributed by atoms with E-state index in [-0.39, 0.29) is 9.34 Å². The Hall–Kier alpha value is 0.177. The summed E-state index contributed by atoms with van der Waals surface area (Å²) in [5, 5.41) is 0. The smallest absolute Gasteiger partial charge is 0.146 e. The number of Topliss-reactive ketones (excluding diaryl/α,β-unsaturated/α-hetero) is 1. The zero-order valence-electron chi connectivity index (χ0n) is 11.4. The summed E-state index contributed by atoms with van der Waals surface area (Å²) >= 11 is 2.34. The standard InChI is InChI=1S/C14H23IOSi/c1-14(9-5-6-11-17(2,3)4)10-7-8-12(16)13(14)15/h13H,5,7-10H2,1-4H3. The second-order valence-electron chi connectivity index (χ2n) is 6.39. The molecule has 2 atom stereocenters. The first kappa shape index (κ1) is 15.2. The van der Waals surface area contributed by atoms with Crippen molar-refractivity contribution >= 4 is 36.4 Å². The molecule has 0 radical (unpaired) electrons. The average Bonchev–Trinajstić information content (AvgIpc) is 2.20. The molecule has 1 fully saturated rings. The van der Waals surface area contributed by atoms with Gasteiger partial charge in [0, 0.05) is 12.8 Å². The zero-order valence-corrected chi connectivity index (χ0v) is 14.6. The fourth-order valence-corrected chi connectivity index (χ4v) is 3.83. The van der Waals surface area contributed by atoms with E-state index in [4.69, 9.17) is 0 Å². The van der Waals surface area contributed by atoms with Gasteiger partial charge in [-0.15, -0.1) is 11.5 Å². The van der Waals surface area contributed by atoms with E-state index in [0.717, 1.165) is 25.7 Å². The van der Waals surface area contributed by atoms with E-state index in [1.54, 1.807) is 0 Å². The molecule has 17 heavy (non-hydrogen) atoms. The van der Waals surface area contributed by atoms with E-state index in [2.05, 4.69) is 60.6 Å². The maximum absolute atomic E-state index is 11.8. The predicted molar refractivity (Wildman–Crippen MR) is 85.1 cm³/mol. The Labute approximate surface area is 120 Å². The Morgan fingerprint density at radius 1 is 1.47 bits per heavy atom. The van der Waals surface area contributed by atoms with E-state index < -0.39 is 8.07 Å². The minimum atomic E-state index is -1.23. The molecule has 1 nitrogen and oxygen atoms in total. The third-order valence-corrected chi connectivity index (χ3v) is 6.48. The molecule has 0 aliphatic heterocycles. The van der Waals surface area contributed by atoms with Crippen LogP contribution in [0.5, 0.6) is 0 Å². The predicted octanol–water partition coefficient (Wildman–Crippen LogP) is 4.21. The van der Waals surface area contributed by atoms with Gasteiger partial charge in [-0.1, -0.05) is 49.2 Å². The second-order valence-corrected chi connectivity index (χ2v) is 12.4. The minimum absolute atomic E-state index is 0.185. The van der Waals surface area contributed by atoms with Gasteiger partial charge >= 0.3 is 0 Å². The Morgan fingerprint density at radius 3 is 2.71 bits per heavy atom. The molecule has 2 unspecified atom stereocenters. The molecule has 1 aliphatic rings. The fraction of sp³-hybridized carbons (Fsp3) is 0.786. The Balaban J connectivity index is 2.54. The molecule has 0 aromatic rings. The normalized spacial score (nSPS) is 29.7. The highest BCUT2D eigenvalue weighted by Gasteiger charge is 2.39. The minimum Gasteiger partial charge on any atom is -0.299 e. The molecule has 96 valence electrons. The number of rotatable bonds is 2. The van der Waals surface area contributed by atoms with Crippen LogP contribution in [-0.2, 0) is 4.79 Å². The number of ketones is 1. The monoisotopic (exact) mass is 362 g/mol. The van der Waals surface area contributed by atoms with Crippen LogP contribution in [0, 0.1) is 16.9 Å². The van der Waals surface area contributed by atoms with E-state index in [0.29, 0.717) is 5.78 Å². The number of carbonyl (C=O) groups excluding carboxylic acids is 1. The quantitative estimate of drug-likeness (QED) is 0.311. The highest BCUT2D eigenvalue weighted by atomic mass is 127. The van der Waals surface area contributed by atoms with E-state index >= 15 is 0 Å². The summed E-state index contributed by atoms with van der Waals surface area (Å²) in [6.07, 6.45) is 5.05. The van der Waals surface area contributed by atoms with Gasteiger partial charge in [-0.25, -0.2) is 0 Å². The van der Waals surface area contributed by atoms with Crippen molar-refractivity contribution in [2.75, 3.05) is 0 Å². The highest BCUT2D eigenvalue weighted by Crippen LogP contribution is 2.42. The lowest BCUT2D eigenvalue weighted by atomic mass is 9.72. The Kier molecular flexibility index (Phi) is 5.27. The van der Waals surface area contributed by atoms with Gasteiger partial charge in [0.15, 0.2) is 0 Å². The first-order valence-electron chi connectivity index (χ1n) is 6.41. The van der Waals surface area contributed by atoms with Gasteiger partial charge in [-0.2, -0.15) is 0 Å². The van der Waals surface area contributed by atoms with Crippen LogP contribution in [0.15, 0.2) is 0 Å². The van der Waals surface area contributed by atoms with Crippen molar-refractivity contribution in [2.45, 2.75) is 62.6 Å². The maximum atomic E-state index is 11.8. The number of hydrogen-bond donors (Lipinski definition) is 0. The van der Waals surface area contributed by atoms with Crippen molar-refractivity contribution in [2.24, 2.45) is 5.41 Å². The van der Waals surface area contributed by atoms with Crippen molar-refractivity contribution in [3.8, 4) is 11.5 Å². The van der Waals surface area contributed by atoms with Crippen molar-refractivity contribution < 1.29 is 4.79 Å². The lowest BCUT2D eigenvalue weighted by Crippen LogP contribution is -2.38. The van der Waals surface area contributed by atoms with Crippen molar-refractivity contribution in [1.29, 1.82) is 0 Å². The first-order chi connectivity index (χ1) is 7.75. The number of hydrogen-bond acceptors (Lipinski definition) is 1. The van der Waals surface area contributed by atoms with Gasteiger partial charge in [-0.3, -0.25) is 4.79 Å². The van der Waals surface area contributed by atoms with Gasteiger partial charge in [0.1, 0.15) is 13.9 Å². The van der Waals surface area contributed by atoms with Gasteiger partial charge in [0.25, 0.3) is 0 Å². The number of alkyl halides is 1. The van der Waals surface area contributed by atoms with Crippen LogP contribution in [-0.4, -0.2) is 17.8 Å². The van der Waals surface area contributed by atoms with Gasteiger partial charge in [-0.05, 0) is 24.7 Å². The molecule has 0 amide bonds. The number of halogens is 1. The first-order valence-corrected chi connectivity index (χ1v) is 11.2. The molecular weight excluding hydrogens is 339 g/mol. The van der Waals surface area contributed by atoms with E-state index in [9.17, 15) is 4.79 Å². The van der Waals surface area contributed by atoms with Crippen molar-refractivity contribution in [3.05, 3.63) is 0 Å². The fourth-order valence-electron chi connectivity index (χ4n) is 2.24. The summed E-state index contributed by atoms with van der Waals surface area (Å²) in [5.74, 6) is 3.77. The summed E-state index contributed by atoms with van der Waals surface area (Å²) in [7, 11) is -1.23. The highest BCUT2D eigenvalue weighted by molar-refractivity contribution is 14.1. The average molecular weight is 362 g/mol. The molecule has 0 saturated heterocycles. The van der Waals surface area contributed by atoms with Crippen LogP contribution < -0.4 is 0 Å². The molecule has 1 aliphatic carbocycles. The van der Waals surface area contributed by atoms with Crippen LogP contribution in [0.4, 0.5) is 0 Å². The summed E-state index contributed by atoms with van der Waals surface area (Å²) in [6, 6.07) is 0. The van der Waals surface area contributed by atoms with E-state index in [1.807, 2.05) is 0 Å². The molecule has 0 aromatic heterocycles. The van der Waals surface area contributed by atoms with Crippen molar-refractivity contribution in [3.63, 3.8) is 0 Å². The Bertz CT molecular complexity index is 347. The largest absolute Gasteiger partial charge is 0.299 e. The van der Waals surface area contributed by atoms with Gasteiger partial charge in [0.05, 0.1) is 3.92 Å². The molecule has 1 saturated carbocycles. The summed E-state index contributed by atoms with van der Waals surface area (Å²) in [4.78, 5) is 11.8. The third-order valence-electron chi connectivity index (χ3n) is 3.35. The lowest BCUT2D eigenvalue weighted by Gasteiger charge is -2.37. The van der Waals surface area contributed by atoms with E-state index in [1.165, 1.54) is 6.42 Å². The molecule has 0 spiro atoms. The van der Waals surface area contributed by atoms with Crippen LogP contribution in [0.3, 0.4) is 0 Å². The molecule has 0 aromatic carbocycles. The molecular formula is C14H23IOSi. The van der Waals surface area contributed by atoms with Crippen LogP contribution >= 0.6 is 22.6 Å². The zero-order chi connectivity index (χ0) is 13.1. The Morgan fingerprint density at radius 2 is 2.12 bits per heavy atom. The molecule has 3 heteroatoms. The number of carbonyl (C=O) groups is 1. The summed E-state index contributed by atoms with van der Waals surface area (Å²) in [6.45, 7) is 9.07. The molecule has 0 heterocycles. The summed E-state index contributed by atoms with van der Waals surface area (Å²) in [5.41, 5.74) is 3.59. The topological polar surface area (TPSA) is 17.1 Å². The van der Waals surface area contributed by atoms with Crippen LogP contribution in [0.2, 0.25) is 19.6 Å². The second kappa shape index (κ2) is 5.88. The van der Waals surface area contributed by atoms with Crippen molar-refractivity contribution in [1.82, 2.24) is 0 Å². The molecule has 1 rings (SSSR count). The van der Waals surface area contributed by atoms with Gasteiger partial charge in [0.2, 0.25) is 0 Å². The van der Waals surface area contributed by atoms with Crippen LogP contribution in [0.25, 0.3) is 0 Å². The lowest BCUT2D eigenvalue weighted by molar-refractivity contribution is -0.122.